The Balaban J connectivity index is 1.45. The van der Waals surface area contributed by atoms with Gasteiger partial charge < -0.3 is 39.4 Å². The molecule has 12 nitrogen and oxygen atoms in total. The molecule has 0 radical (unpaired) electrons. The molecule has 0 amide bonds. The summed E-state index contributed by atoms with van der Waals surface area (Å²) in [5.41, 5.74) is -4.68. The number of aliphatic hydroxyl groups is 2. The van der Waals surface area contributed by atoms with Gasteiger partial charge in [-0.25, -0.2) is 9.59 Å². The van der Waals surface area contributed by atoms with Gasteiger partial charge in [-0.05, 0) is 67.0 Å². The molecule has 2 bridgehead atoms. The summed E-state index contributed by atoms with van der Waals surface area (Å²) < 4.78 is 22.5. The third-order valence-corrected chi connectivity index (χ3v) is 10.5. The van der Waals surface area contributed by atoms with Gasteiger partial charge in [0.15, 0.2) is 11.9 Å². The molecule has 51 heavy (non-hydrogen) atoms. The molecule has 2 saturated heterocycles. The van der Waals surface area contributed by atoms with Crippen molar-refractivity contribution in [2.75, 3.05) is 6.61 Å². The summed E-state index contributed by atoms with van der Waals surface area (Å²) in [4.78, 5) is 51.4. The number of aryl methyl sites for hydroxylation is 1. The van der Waals surface area contributed by atoms with E-state index in [0.29, 0.717) is 12.0 Å². The molecule has 0 saturated carbocycles. The Morgan fingerprint density at radius 2 is 1.80 bits per heavy atom. The molecule has 278 valence electrons. The van der Waals surface area contributed by atoms with Crippen LogP contribution in [0.1, 0.15) is 69.7 Å². The molecule has 3 unspecified atom stereocenters. The van der Waals surface area contributed by atoms with Gasteiger partial charge in [0.05, 0.1) is 6.61 Å². The number of fused-ring (bicyclic) bond motifs is 2. The summed E-state index contributed by atoms with van der Waals surface area (Å²) in [6.07, 6.45) is 1.98. The molecule has 0 spiro atoms. The molecule has 3 heterocycles. The average Bonchev–Trinajstić information content (AvgIpc) is 3.67. The average molecular weight is 729 g/mol. The second kappa shape index (κ2) is 17.1. The van der Waals surface area contributed by atoms with Crippen LogP contribution >= 0.6 is 11.3 Å². The number of carbonyl (C=O) groups excluding carboxylic acids is 2. The largest absolute Gasteiger partial charge is 0.479 e. The van der Waals surface area contributed by atoms with Crippen LogP contribution in [0.4, 0.5) is 0 Å². The van der Waals surface area contributed by atoms with Gasteiger partial charge >= 0.3 is 23.9 Å². The topological polar surface area (TPSA) is 186 Å². The summed E-state index contributed by atoms with van der Waals surface area (Å²) in [5, 5.41) is 45.1. The van der Waals surface area contributed by atoms with E-state index in [1.165, 1.54) is 12.5 Å². The quantitative estimate of drug-likeness (QED) is 0.114. The lowest BCUT2D eigenvalue weighted by molar-refractivity contribution is -0.354. The van der Waals surface area contributed by atoms with E-state index in [4.69, 9.17) is 18.9 Å². The van der Waals surface area contributed by atoms with Gasteiger partial charge in [0.25, 0.3) is 0 Å². The molecule has 4 rings (SSSR count). The summed E-state index contributed by atoms with van der Waals surface area (Å²) in [6, 6.07) is 14.0. The Hall–Kier alpha value is -3.88. The van der Waals surface area contributed by atoms with Crippen molar-refractivity contribution in [1.82, 2.24) is 0 Å². The van der Waals surface area contributed by atoms with Crippen molar-refractivity contribution in [3.8, 4) is 0 Å². The number of hydrogen-bond donors (Lipinski definition) is 4. The number of ether oxygens (including phenoxy) is 4. The van der Waals surface area contributed by atoms with Gasteiger partial charge in [-0.3, -0.25) is 9.59 Å². The van der Waals surface area contributed by atoms with Crippen molar-refractivity contribution in [2.45, 2.75) is 107 Å². The summed E-state index contributed by atoms with van der Waals surface area (Å²) in [6.45, 7) is 8.21. The van der Waals surface area contributed by atoms with Crippen LogP contribution in [0.3, 0.4) is 0 Å². The van der Waals surface area contributed by atoms with Crippen molar-refractivity contribution in [2.24, 2.45) is 11.8 Å². The van der Waals surface area contributed by atoms with Crippen LogP contribution in [0.25, 0.3) is 0 Å². The highest BCUT2D eigenvalue weighted by molar-refractivity contribution is 7.09. The lowest BCUT2D eigenvalue weighted by atomic mass is 9.78. The molecule has 2 aliphatic rings. The zero-order valence-electron chi connectivity index (χ0n) is 29.2. The van der Waals surface area contributed by atoms with Crippen LogP contribution in [0.5, 0.6) is 0 Å². The minimum atomic E-state index is -3.23. The van der Waals surface area contributed by atoms with E-state index in [9.17, 15) is 39.6 Å². The second-order valence-electron chi connectivity index (χ2n) is 13.5. The summed E-state index contributed by atoms with van der Waals surface area (Å²) in [7, 11) is 0. The van der Waals surface area contributed by atoms with Crippen molar-refractivity contribution in [3.05, 3.63) is 82.6 Å². The molecule has 1 aromatic heterocycles. The highest BCUT2D eigenvalue weighted by Gasteiger charge is 2.82. The first kappa shape index (κ1) is 39.9. The van der Waals surface area contributed by atoms with E-state index >= 15 is 0 Å². The van der Waals surface area contributed by atoms with E-state index in [2.05, 4.69) is 25.6 Å². The van der Waals surface area contributed by atoms with E-state index < -0.39 is 65.8 Å². The molecular weight excluding hydrogens is 680 g/mol. The van der Waals surface area contributed by atoms with Crippen molar-refractivity contribution in [3.63, 3.8) is 0 Å². The zero-order chi connectivity index (χ0) is 37.4. The van der Waals surface area contributed by atoms with Gasteiger partial charge in [-0.2, -0.15) is 0 Å². The zero-order valence-corrected chi connectivity index (χ0v) is 30.0. The standard InChI is InChI=1S/C38H48O12S/c1-24(13-10-16-28-14-6-5-7-15-28)12-8-9-18-30(40)49-33-32(41)37(47-23-36(46,34(42)43)38(33,50-37)35(44)45)20-19-25(2)31(48-27(4)39)26(3)22-29-17-11-21-51-29/h5-8,11-12,14-15,17,21,24,26,31-33,41,46H,2,9-10,13,16,18-20,22-23H2,1,3-4H3,(H,42,43)(H,44,45)/b12-8+/t24?,26?,31?,32-,33-,36-,37+,38+/m1/s1. The number of hydrogen-bond acceptors (Lipinski definition) is 11. The maximum absolute atomic E-state index is 13.1. The lowest BCUT2D eigenvalue weighted by Gasteiger charge is -2.45. The number of benzene rings is 1. The number of carboxylic acids is 2. The normalized spacial score (nSPS) is 27.4. The number of aliphatic hydroxyl groups excluding tert-OH is 1. The fourth-order valence-corrected chi connectivity index (χ4v) is 7.65. The van der Waals surface area contributed by atoms with Crippen molar-refractivity contribution in [1.29, 1.82) is 0 Å². The lowest BCUT2D eigenvalue weighted by Crippen LogP contribution is -2.73. The van der Waals surface area contributed by atoms with E-state index in [-0.39, 0.29) is 37.5 Å². The predicted molar refractivity (Wildman–Crippen MR) is 187 cm³/mol. The molecule has 13 heteroatoms. The third-order valence-electron chi connectivity index (χ3n) is 9.60. The van der Waals surface area contributed by atoms with Gasteiger partial charge in [0, 0.05) is 30.6 Å². The number of carbonyl (C=O) groups is 4. The number of thiophene rings is 1. The van der Waals surface area contributed by atoms with E-state index in [1.807, 2.05) is 54.8 Å². The van der Waals surface area contributed by atoms with Gasteiger partial charge in [0.2, 0.25) is 11.2 Å². The first-order valence-corrected chi connectivity index (χ1v) is 18.0. The van der Waals surface area contributed by atoms with Crippen LogP contribution in [-0.2, 0) is 51.0 Å². The first-order chi connectivity index (χ1) is 24.1. The number of esters is 2. The molecule has 4 N–H and O–H groups in total. The van der Waals surface area contributed by atoms with Gasteiger partial charge in [0.1, 0.15) is 12.2 Å². The number of rotatable bonds is 19. The SMILES string of the molecule is C=C(CC[C@]12OC[C@@](O)(C(=O)O)[C@](C(=O)O)(O1)[C@H](OC(=O)CC/C=C/C(C)CCCc1ccccc1)[C@H]2O)C(OC(C)=O)C(C)Cc1cccs1. The number of allylic oxidation sites excluding steroid dienone is 2. The number of aliphatic carboxylic acids is 2. The highest BCUT2D eigenvalue weighted by Crippen LogP contribution is 2.53. The van der Waals surface area contributed by atoms with Gasteiger partial charge in [-0.1, -0.05) is 69.0 Å². The fraction of sp³-hybridized carbons (Fsp3) is 0.526. The van der Waals surface area contributed by atoms with E-state index in [1.54, 1.807) is 11.3 Å². The Bertz CT molecular complexity index is 1560. The Morgan fingerprint density at radius 1 is 1.08 bits per heavy atom. The predicted octanol–water partition coefficient (Wildman–Crippen LogP) is 4.86. The fourth-order valence-electron chi connectivity index (χ4n) is 6.80. The molecule has 1 aromatic carbocycles. The smallest absolute Gasteiger partial charge is 0.344 e. The summed E-state index contributed by atoms with van der Waals surface area (Å²) >= 11 is 1.55. The first-order valence-electron chi connectivity index (χ1n) is 17.1. The van der Waals surface area contributed by atoms with Crippen LogP contribution < -0.4 is 0 Å². The molecule has 8 atom stereocenters. The van der Waals surface area contributed by atoms with Gasteiger partial charge in [-0.15, -0.1) is 11.3 Å². The maximum Gasteiger partial charge on any atom is 0.344 e. The van der Waals surface area contributed by atoms with Crippen LogP contribution in [0.2, 0.25) is 0 Å². The van der Waals surface area contributed by atoms with Crippen molar-refractivity contribution < 1.29 is 58.6 Å². The maximum atomic E-state index is 13.1. The minimum Gasteiger partial charge on any atom is -0.479 e. The molecule has 0 aliphatic carbocycles. The highest BCUT2D eigenvalue weighted by atomic mass is 32.1. The second-order valence-corrected chi connectivity index (χ2v) is 14.6. The molecular formula is C38H48O12S. The molecule has 2 aromatic rings. The minimum absolute atomic E-state index is 0.0278. The monoisotopic (exact) mass is 728 g/mol. The van der Waals surface area contributed by atoms with Crippen LogP contribution in [0.15, 0.2) is 72.1 Å². The van der Waals surface area contributed by atoms with Crippen LogP contribution in [-0.4, -0.2) is 86.2 Å². The Morgan fingerprint density at radius 3 is 2.43 bits per heavy atom. The molecule has 2 aliphatic heterocycles. The van der Waals surface area contributed by atoms with Crippen LogP contribution in [0, 0.1) is 11.8 Å². The number of carboxylic acid groups (broad SMARTS) is 2. The van der Waals surface area contributed by atoms with Crippen molar-refractivity contribution >= 4 is 35.2 Å². The Labute approximate surface area is 301 Å². The third kappa shape index (κ3) is 8.96. The Kier molecular flexibility index (Phi) is 13.4. The van der Waals surface area contributed by atoms with E-state index in [0.717, 1.165) is 24.1 Å². The summed E-state index contributed by atoms with van der Waals surface area (Å²) in [5.74, 6) is -7.61. The molecule has 2 fully saturated rings.